The number of nitrogens with zero attached hydrogens (tertiary/aromatic N) is 2. The second-order valence-electron chi connectivity index (χ2n) is 6.33. The molecule has 2 aliphatic rings. The summed E-state index contributed by atoms with van der Waals surface area (Å²) >= 11 is 1.47. The number of sulfonamides is 1. The van der Waals surface area contributed by atoms with Gasteiger partial charge in [0.2, 0.25) is 0 Å². The number of likely N-dealkylation sites (tertiary alicyclic amines) is 1. The zero-order valence-electron chi connectivity index (χ0n) is 13.7. The summed E-state index contributed by atoms with van der Waals surface area (Å²) < 4.78 is 40.5. The molecule has 0 bridgehead atoms. The van der Waals surface area contributed by atoms with Crippen LogP contribution in [0.1, 0.15) is 26.2 Å². The minimum Gasteiger partial charge on any atom is -0.306 e. The van der Waals surface area contributed by atoms with E-state index in [0.29, 0.717) is 19.3 Å². The molecule has 3 rings (SSSR count). The van der Waals surface area contributed by atoms with Gasteiger partial charge >= 0.3 is 0 Å². The van der Waals surface area contributed by atoms with E-state index in [0.717, 1.165) is 29.5 Å². The molecule has 5 nitrogen and oxygen atoms in total. The Bertz CT molecular complexity index is 728. The van der Waals surface area contributed by atoms with Crippen LogP contribution in [-0.4, -0.2) is 53.8 Å². The molecule has 1 aromatic carbocycles. The molecule has 0 N–H and O–H groups in total. The van der Waals surface area contributed by atoms with E-state index in [-0.39, 0.29) is 16.1 Å². The first kappa shape index (κ1) is 17.7. The molecule has 2 aliphatic heterocycles. The molecule has 0 aromatic heterocycles. The number of benzene rings is 1. The van der Waals surface area contributed by atoms with Crippen LogP contribution in [-0.2, 0) is 14.8 Å². The SMILES string of the molecule is CCC1SC2(CCN(C)CC2)N(S(=O)(=O)c2ccc(F)cc2)C1=O. The molecule has 0 radical (unpaired) electrons. The Morgan fingerprint density at radius 3 is 2.38 bits per heavy atom. The largest absolute Gasteiger partial charge is 0.306 e. The van der Waals surface area contributed by atoms with E-state index >= 15 is 0 Å². The first-order chi connectivity index (χ1) is 11.3. The Morgan fingerprint density at radius 1 is 1.25 bits per heavy atom. The number of carbonyl (C=O) groups excluding carboxylic acids is 1. The molecule has 24 heavy (non-hydrogen) atoms. The van der Waals surface area contributed by atoms with Crippen molar-refractivity contribution in [1.29, 1.82) is 0 Å². The van der Waals surface area contributed by atoms with Crippen LogP contribution < -0.4 is 0 Å². The molecule has 1 spiro atoms. The van der Waals surface area contributed by atoms with Gasteiger partial charge in [-0.2, -0.15) is 0 Å². The highest BCUT2D eigenvalue weighted by Crippen LogP contribution is 2.51. The third-order valence-corrected chi connectivity index (χ3v) is 8.54. The minimum atomic E-state index is -4.00. The number of piperidine rings is 1. The summed E-state index contributed by atoms with van der Waals surface area (Å²) in [5.74, 6) is -0.854. The Kier molecular flexibility index (Phi) is 4.65. The molecule has 2 heterocycles. The predicted molar refractivity (Wildman–Crippen MR) is 91.6 cm³/mol. The van der Waals surface area contributed by atoms with Gasteiger partial charge in [0.1, 0.15) is 10.7 Å². The Balaban J connectivity index is 2.04. The third-order valence-electron chi connectivity index (χ3n) is 4.70. The van der Waals surface area contributed by atoms with Crippen LogP contribution in [0.2, 0.25) is 0 Å². The van der Waals surface area contributed by atoms with Crippen LogP contribution in [0, 0.1) is 5.82 Å². The van der Waals surface area contributed by atoms with E-state index in [1.54, 1.807) is 0 Å². The zero-order chi connectivity index (χ0) is 17.5. The number of halogens is 1. The summed E-state index contributed by atoms with van der Waals surface area (Å²) in [6, 6.07) is 4.67. The Labute approximate surface area is 146 Å². The van der Waals surface area contributed by atoms with Gasteiger partial charge in [0.15, 0.2) is 0 Å². The van der Waals surface area contributed by atoms with Crippen LogP contribution >= 0.6 is 11.8 Å². The maximum atomic E-state index is 13.2. The highest BCUT2D eigenvalue weighted by atomic mass is 32.2. The van der Waals surface area contributed by atoms with Gasteiger partial charge in [0, 0.05) is 13.1 Å². The van der Waals surface area contributed by atoms with E-state index in [1.807, 2.05) is 14.0 Å². The van der Waals surface area contributed by atoms with Crippen LogP contribution in [0.4, 0.5) is 4.39 Å². The smallest absolute Gasteiger partial charge is 0.267 e. The second kappa shape index (κ2) is 6.31. The molecule has 2 saturated heterocycles. The number of hydrogen-bond acceptors (Lipinski definition) is 5. The standard InChI is InChI=1S/C16H21FN2O3S2/c1-3-14-15(20)19(16(23-14)8-10-18(2)11-9-16)24(21,22)13-6-4-12(17)5-7-13/h4-7,14H,3,8-11H2,1-2H3. The average molecular weight is 372 g/mol. The number of amides is 1. The maximum absolute atomic E-state index is 13.2. The second-order valence-corrected chi connectivity index (χ2v) is 9.68. The lowest BCUT2D eigenvalue weighted by atomic mass is 10.0. The fraction of sp³-hybridized carbons (Fsp3) is 0.562. The number of hydrogen-bond donors (Lipinski definition) is 0. The van der Waals surface area contributed by atoms with Gasteiger partial charge in [0.05, 0.1) is 10.1 Å². The van der Waals surface area contributed by atoms with Crippen molar-refractivity contribution in [3.8, 4) is 0 Å². The Hall–Kier alpha value is -1.12. The summed E-state index contributed by atoms with van der Waals surface area (Å²) in [6.45, 7) is 3.38. The van der Waals surface area contributed by atoms with E-state index in [4.69, 9.17) is 0 Å². The van der Waals surface area contributed by atoms with Gasteiger partial charge in [-0.3, -0.25) is 4.79 Å². The van der Waals surface area contributed by atoms with Crippen molar-refractivity contribution >= 4 is 27.7 Å². The van der Waals surface area contributed by atoms with Crippen LogP contribution in [0.3, 0.4) is 0 Å². The van der Waals surface area contributed by atoms with Gasteiger partial charge < -0.3 is 4.90 Å². The van der Waals surface area contributed by atoms with Gasteiger partial charge in [-0.05, 0) is 50.6 Å². The summed E-state index contributed by atoms with van der Waals surface area (Å²) in [6.07, 6.45) is 1.81. The minimum absolute atomic E-state index is 0.0343. The van der Waals surface area contributed by atoms with Crippen molar-refractivity contribution in [3.63, 3.8) is 0 Å². The highest BCUT2D eigenvalue weighted by molar-refractivity contribution is 8.03. The lowest BCUT2D eigenvalue weighted by Crippen LogP contribution is -2.53. The molecule has 0 aliphatic carbocycles. The first-order valence-corrected chi connectivity index (χ1v) is 10.3. The van der Waals surface area contributed by atoms with Gasteiger partial charge in [-0.25, -0.2) is 17.1 Å². The molecular weight excluding hydrogens is 351 g/mol. The fourth-order valence-electron chi connectivity index (χ4n) is 3.29. The van der Waals surface area contributed by atoms with Gasteiger partial charge in [-0.15, -0.1) is 11.8 Å². The summed E-state index contributed by atoms with van der Waals surface area (Å²) in [5.41, 5.74) is 0. The third kappa shape index (κ3) is 2.84. The Morgan fingerprint density at radius 2 is 1.83 bits per heavy atom. The van der Waals surface area contributed by atoms with E-state index in [9.17, 15) is 17.6 Å². The molecule has 132 valence electrons. The monoisotopic (exact) mass is 372 g/mol. The van der Waals surface area contributed by atoms with E-state index < -0.39 is 20.7 Å². The molecule has 1 amide bonds. The fourth-order valence-corrected chi connectivity index (χ4v) is 6.96. The molecule has 1 atom stereocenters. The topological polar surface area (TPSA) is 57.7 Å². The number of rotatable bonds is 3. The molecule has 1 aromatic rings. The predicted octanol–water partition coefficient (Wildman–Crippen LogP) is 2.29. The summed E-state index contributed by atoms with van der Waals surface area (Å²) in [4.78, 5) is 14.2. The van der Waals surface area contributed by atoms with E-state index in [2.05, 4.69) is 4.90 Å². The lowest BCUT2D eigenvalue weighted by Gasteiger charge is -2.42. The van der Waals surface area contributed by atoms with Crippen LogP contribution in [0.25, 0.3) is 0 Å². The quantitative estimate of drug-likeness (QED) is 0.815. The maximum Gasteiger partial charge on any atom is 0.267 e. The normalized spacial score (nSPS) is 24.7. The van der Waals surface area contributed by atoms with Crippen LogP contribution in [0.5, 0.6) is 0 Å². The zero-order valence-corrected chi connectivity index (χ0v) is 15.4. The first-order valence-electron chi connectivity index (χ1n) is 8.01. The molecule has 0 saturated carbocycles. The summed E-state index contributed by atoms with van der Waals surface area (Å²) in [5, 5.41) is -0.344. The highest BCUT2D eigenvalue weighted by Gasteiger charge is 2.57. The molecule has 1 unspecified atom stereocenters. The van der Waals surface area contributed by atoms with Crippen molar-refractivity contribution in [2.45, 2.75) is 41.2 Å². The van der Waals surface area contributed by atoms with Crippen molar-refractivity contribution in [1.82, 2.24) is 9.21 Å². The molecule has 2 fully saturated rings. The van der Waals surface area contributed by atoms with E-state index in [1.165, 1.54) is 23.9 Å². The lowest BCUT2D eigenvalue weighted by molar-refractivity contribution is -0.127. The van der Waals surface area contributed by atoms with Gasteiger partial charge in [-0.1, -0.05) is 6.92 Å². The van der Waals surface area contributed by atoms with Crippen molar-refractivity contribution in [2.24, 2.45) is 0 Å². The van der Waals surface area contributed by atoms with Crippen molar-refractivity contribution < 1.29 is 17.6 Å². The average Bonchev–Trinajstić information content (AvgIpc) is 2.83. The van der Waals surface area contributed by atoms with Crippen molar-refractivity contribution in [2.75, 3.05) is 20.1 Å². The molecule has 8 heteroatoms. The number of thioether (sulfide) groups is 1. The number of carbonyl (C=O) groups is 1. The van der Waals surface area contributed by atoms with Crippen molar-refractivity contribution in [3.05, 3.63) is 30.1 Å². The summed E-state index contributed by atoms with van der Waals surface area (Å²) in [7, 11) is -2.00. The van der Waals surface area contributed by atoms with Crippen LogP contribution in [0.15, 0.2) is 29.2 Å². The van der Waals surface area contributed by atoms with Gasteiger partial charge in [0.25, 0.3) is 15.9 Å². The molecular formula is C16H21FN2O3S2.